The molecule has 6 rings (SSSR count). The van der Waals surface area contributed by atoms with Crippen LogP contribution in [0, 0.1) is 35.8 Å². The first-order valence-electron chi connectivity index (χ1n) is 9.76. The third-order valence-corrected chi connectivity index (χ3v) is 4.65. The van der Waals surface area contributed by atoms with Crippen molar-refractivity contribution < 1.29 is 16.8 Å². The van der Waals surface area contributed by atoms with Crippen LogP contribution < -0.4 is 0 Å². The predicted octanol–water partition coefficient (Wildman–Crippen LogP) is 7.94. The van der Waals surface area contributed by atoms with E-state index in [1.807, 2.05) is 72.8 Å². The second-order valence-corrected chi connectivity index (χ2v) is 6.98. The van der Waals surface area contributed by atoms with Gasteiger partial charge in [0.1, 0.15) is 0 Å². The van der Waals surface area contributed by atoms with Crippen molar-refractivity contribution in [2.75, 3.05) is 0 Å². The zero-order valence-electron chi connectivity index (χ0n) is 20.5. The average molecular weight is 507 g/mol. The third kappa shape index (κ3) is 8.24. The van der Waals surface area contributed by atoms with E-state index in [9.17, 15) is 0 Å². The van der Waals surface area contributed by atoms with Gasteiger partial charge in [0, 0.05) is 38.8 Å². The quantitative estimate of drug-likeness (QED) is 0.206. The molecule has 0 saturated heterocycles. The van der Waals surface area contributed by atoms with Gasteiger partial charge in [0.05, 0.1) is 22.8 Å². The molecule has 5 heterocycles. The summed E-state index contributed by atoms with van der Waals surface area (Å²) in [5.41, 5.74) is 7.86. The number of nitrogens with one attached hydrogen (secondary N) is 2. The maximum absolute atomic E-state index is 4.62. The Labute approximate surface area is 220 Å². The fraction of sp³-hybridized carbons (Fsp3) is 0. The molecule has 2 aliphatic heterocycles. The minimum Gasteiger partial charge on any atom is -0.358 e. The molecule has 1 radical (unpaired) electrons. The molecule has 35 heavy (non-hydrogen) atoms. The summed E-state index contributed by atoms with van der Waals surface area (Å²) in [7, 11) is 0. The van der Waals surface area contributed by atoms with E-state index in [-0.39, 0.29) is 46.5 Å². The van der Waals surface area contributed by atoms with Gasteiger partial charge in [0.2, 0.25) is 0 Å². The third-order valence-electron chi connectivity index (χ3n) is 4.65. The van der Waals surface area contributed by atoms with Gasteiger partial charge in [-0.1, -0.05) is 0 Å². The van der Waals surface area contributed by atoms with Crippen LogP contribution in [0.2, 0.25) is 0 Å². The molecule has 185 valence electrons. The van der Waals surface area contributed by atoms with Crippen molar-refractivity contribution in [1.29, 1.82) is 0 Å². The summed E-state index contributed by atoms with van der Waals surface area (Å²) in [6.45, 7) is 0. The monoisotopic (exact) mass is 506 g/mol. The molecule has 5 heteroatoms. The fourth-order valence-corrected chi connectivity index (χ4v) is 3.29. The van der Waals surface area contributed by atoms with Gasteiger partial charge in [0.25, 0.3) is 0 Å². The van der Waals surface area contributed by atoms with E-state index < -0.39 is 0 Å². The van der Waals surface area contributed by atoms with Crippen LogP contribution >= 0.6 is 0 Å². The Morgan fingerprint density at radius 2 is 0.857 bits per heavy atom. The minimum absolute atomic E-state index is 0. The maximum atomic E-state index is 4.62. The molecule has 2 aliphatic rings. The van der Waals surface area contributed by atoms with E-state index in [1.165, 1.54) is 0 Å². The SMILES string of the molecule is C1=Cc2cc3ccc(cc4ccc(cc5nc(cc1n2)C=C5)[nH]4)[nH]3.[CH3-].[CH3-].[CH3-].[CH3-].[Co].[c-]1ccccc1. The zero-order chi connectivity index (χ0) is 20.2. The van der Waals surface area contributed by atoms with Crippen molar-refractivity contribution in [3.63, 3.8) is 0 Å². The van der Waals surface area contributed by atoms with E-state index in [0.717, 1.165) is 44.8 Å². The van der Waals surface area contributed by atoms with Crippen LogP contribution in [0.25, 0.3) is 46.4 Å². The number of aromatic amines is 2. The van der Waals surface area contributed by atoms with Crippen LogP contribution in [0.15, 0.2) is 78.9 Å². The number of rotatable bonds is 0. The van der Waals surface area contributed by atoms with Gasteiger partial charge in [0.15, 0.2) is 0 Å². The van der Waals surface area contributed by atoms with Crippen LogP contribution in [0.3, 0.4) is 0 Å². The minimum atomic E-state index is 0. The molecule has 0 amide bonds. The number of aromatic nitrogens is 4. The van der Waals surface area contributed by atoms with Crippen LogP contribution in [0.1, 0.15) is 22.8 Å². The Morgan fingerprint density at radius 1 is 0.486 bits per heavy atom. The zero-order valence-corrected chi connectivity index (χ0v) is 21.6. The Hall–Kier alpha value is -3.67. The van der Waals surface area contributed by atoms with Gasteiger partial charge in [-0.2, -0.15) is 36.4 Å². The first kappa shape index (κ1) is 31.3. The molecule has 0 fully saturated rings. The maximum Gasteiger partial charge on any atom is 0.0659 e. The molecule has 0 aliphatic carbocycles. The first-order chi connectivity index (χ1) is 14.8. The molecule has 8 bridgehead atoms. The van der Waals surface area contributed by atoms with E-state index in [1.54, 1.807) is 0 Å². The van der Waals surface area contributed by atoms with Gasteiger partial charge in [-0.05, 0) is 72.8 Å². The molecule has 2 N–H and O–H groups in total. The van der Waals surface area contributed by atoms with Crippen LogP contribution in [0.5, 0.6) is 0 Å². The number of H-pyrrole nitrogens is 2. The number of hydrogen-bond acceptors (Lipinski definition) is 2. The van der Waals surface area contributed by atoms with Gasteiger partial charge >= 0.3 is 0 Å². The molecule has 0 unspecified atom stereocenters. The topological polar surface area (TPSA) is 57.4 Å². The van der Waals surface area contributed by atoms with Crippen molar-refractivity contribution in [2.45, 2.75) is 0 Å². The van der Waals surface area contributed by atoms with Crippen LogP contribution in [-0.2, 0) is 16.8 Å². The fourth-order valence-electron chi connectivity index (χ4n) is 3.29. The largest absolute Gasteiger partial charge is 0.358 e. The van der Waals surface area contributed by atoms with E-state index in [4.69, 9.17) is 0 Å². The van der Waals surface area contributed by atoms with Crippen LogP contribution in [-0.4, -0.2) is 19.9 Å². The molecule has 0 atom stereocenters. The molecule has 1 aromatic carbocycles. The molecule has 0 saturated carbocycles. The number of fused-ring (bicyclic) bond motifs is 8. The standard InChI is InChI=1S/C20H14N4.C6H5.4CH3.Co/c1-2-14-10-16-5-6-18(23-16)12-20-8-7-19(24-20)11-17-4-3-15(22-17)9-13(1)21-14;1-2-4-6-5-3-1;;;;;/h1-12,21-22H;1-5H;4*1H3;/q;5*-1;. The van der Waals surface area contributed by atoms with Crippen molar-refractivity contribution in [1.82, 2.24) is 19.9 Å². The molecular weight excluding hydrogens is 475 g/mol. The summed E-state index contributed by atoms with van der Waals surface area (Å²) in [5.74, 6) is 0. The van der Waals surface area contributed by atoms with Crippen molar-refractivity contribution >= 4 is 46.4 Å². The summed E-state index contributed by atoms with van der Waals surface area (Å²) < 4.78 is 0. The van der Waals surface area contributed by atoms with E-state index >= 15 is 0 Å². The van der Waals surface area contributed by atoms with Crippen molar-refractivity contribution in [3.05, 3.63) is 137 Å². The van der Waals surface area contributed by atoms with Crippen LogP contribution in [0.4, 0.5) is 0 Å². The summed E-state index contributed by atoms with van der Waals surface area (Å²) in [6, 6.07) is 28.9. The number of hydrogen-bond donors (Lipinski definition) is 2. The summed E-state index contributed by atoms with van der Waals surface area (Å²) in [4.78, 5) is 16.0. The molecule has 4 nitrogen and oxygen atoms in total. The average Bonchev–Trinajstić information content (AvgIpc) is 3.56. The van der Waals surface area contributed by atoms with Gasteiger partial charge in [-0.25, -0.2) is 9.97 Å². The Bertz CT molecular complexity index is 1280. The van der Waals surface area contributed by atoms with E-state index in [2.05, 4.69) is 56.3 Å². The molecular formula is C30H31CoN4-5. The Morgan fingerprint density at radius 3 is 1.20 bits per heavy atom. The predicted molar refractivity (Wildman–Crippen MR) is 150 cm³/mol. The Kier molecular flexibility index (Phi) is 13.0. The first-order valence-corrected chi connectivity index (χ1v) is 9.76. The van der Waals surface area contributed by atoms with Gasteiger partial charge < -0.3 is 39.7 Å². The van der Waals surface area contributed by atoms with Gasteiger partial charge in [-0.3, -0.25) is 0 Å². The molecule has 3 aromatic heterocycles. The number of benzene rings is 1. The summed E-state index contributed by atoms with van der Waals surface area (Å²) in [5, 5.41) is 0. The molecule has 4 aromatic rings. The Balaban J connectivity index is 0.000000936. The second kappa shape index (κ2) is 14.6. The van der Waals surface area contributed by atoms with Crippen molar-refractivity contribution in [3.8, 4) is 0 Å². The van der Waals surface area contributed by atoms with Crippen molar-refractivity contribution in [2.24, 2.45) is 0 Å². The normalized spacial score (nSPS) is 10.1. The second-order valence-electron chi connectivity index (χ2n) is 6.98. The van der Waals surface area contributed by atoms with E-state index in [0.29, 0.717) is 0 Å². The number of nitrogens with zero attached hydrogens (tertiary/aromatic N) is 2. The molecule has 0 spiro atoms. The van der Waals surface area contributed by atoms with Gasteiger partial charge in [-0.15, -0.1) is 0 Å². The summed E-state index contributed by atoms with van der Waals surface area (Å²) >= 11 is 0. The summed E-state index contributed by atoms with van der Waals surface area (Å²) in [6.07, 6.45) is 8.05. The smallest absolute Gasteiger partial charge is 0.0659 e.